The molecule has 3 aliphatic rings. The fourth-order valence-electron chi connectivity index (χ4n) is 4.79. The number of methoxy groups -OCH3 is 3. The van der Waals surface area contributed by atoms with Crippen LogP contribution >= 0.6 is 0 Å². The zero-order valence-electron chi connectivity index (χ0n) is 16.5. The minimum atomic E-state index is -0.273. The number of esters is 1. The third kappa shape index (κ3) is 2.68. The van der Waals surface area contributed by atoms with Crippen LogP contribution < -0.4 is 23.7 Å². The number of benzene rings is 2. The number of cyclic esters (lactones) is 1. The van der Waals surface area contributed by atoms with Gasteiger partial charge in [-0.25, -0.2) is 0 Å². The summed E-state index contributed by atoms with van der Waals surface area (Å²) in [5.41, 5.74) is 3.10. The van der Waals surface area contributed by atoms with Crippen molar-refractivity contribution in [2.45, 2.75) is 12.3 Å². The lowest BCUT2D eigenvalue weighted by atomic mass is 9.67. The van der Waals surface area contributed by atoms with Crippen LogP contribution in [0.3, 0.4) is 0 Å². The number of hydrogen-bond acceptors (Lipinski definition) is 7. The lowest BCUT2D eigenvalue weighted by Gasteiger charge is -2.34. The van der Waals surface area contributed by atoms with Crippen molar-refractivity contribution in [3.63, 3.8) is 0 Å². The maximum Gasteiger partial charge on any atom is 0.310 e. The lowest BCUT2D eigenvalue weighted by molar-refractivity contribution is -0.141. The summed E-state index contributed by atoms with van der Waals surface area (Å²) in [7, 11) is 4.74. The van der Waals surface area contributed by atoms with Crippen molar-refractivity contribution < 1.29 is 33.2 Å². The lowest BCUT2D eigenvalue weighted by Crippen LogP contribution is -2.31. The number of carbonyl (C=O) groups excluding carboxylic acids is 1. The number of rotatable bonds is 4. The quantitative estimate of drug-likeness (QED) is 0.733. The Kier molecular flexibility index (Phi) is 4.19. The first-order valence-electron chi connectivity index (χ1n) is 9.53. The van der Waals surface area contributed by atoms with Crippen molar-refractivity contribution in [2.24, 2.45) is 11.8 Å². The average Bonchev–Trinajstić information content (AvgIpc) is 3.35. The van der Waals surface area contributed by atoms with Crippen molar-refractivity contribution in [3.05, 3.63) is 41.0 Å². The molecule has 0 bridgehead atoms. The maximum atomic E-state index is 12.7. The molecule has 2 unspecified atom stereocenters. The standard InChI is InChI=1S/C22H22O7/c1-24-17-6-12(7-18(25-2)21(17)26-3)19-14-8-16-15(28-10-29-16)5-11(14)4-13-9-27-22(23)20(13)19/h5-8,13,19-20H,4,9-10H2,1-3H3/t13?,19-,20?/m0/s1. The van der Waals surface area contributed by atoms with Gasteiger partial charge in [0.25, 0.3) is 0 Å². The summed E-state index contributed by atoms with van der Waals surface area (Å²) in [5, 5.41) is 0. The van der Waals surface area contributed by atoms with Crippen LogP contribution in [0.25, 0.3) is 0 Å². The molecule has 2 aliphatic heterocycles. The highest BCUT2D eigenvalue weighted by Crippen LogP contribution is 2.52. The van der Waals surface area contributed by atoms with Crippen molar-refractivity contribution in [3.8, 4) is 28.7 Å². The second kappa shape index (κ2) is 6.76. The van der Waals surface area contributed by atoms with Gasteiger partial charge in [0.1, 0.15) is 0 Å². The first kappa shape index (κ1) is 18.0. The molecule has 0 spiro atoms. The molecule has 7 heteroatoms. The van der Waals surface area contributed by atoms with Gasteiger partial charge in [0, 0.05) is 11.8 Å². The third-order valence-corrected chi connectivity index (χ3v) is 6.08. The molecule has 29 heavy (non-hydrogen) atoms. The van der Waals surface area contributed by atoms with E-state index in [-0.39, 0.29) is 30.5 Å². The zero-order chi connectivity index (χ0) is 20.1. The number of ether oxygens (including phenoxy) is 6. The van der Waals surface area contributed by atoms with E-state index in [1.54, 1.807) is 21.3 Å². The molecule has 1 aliphatic carbocycles. The Balaban J connectivity index is 1.71. The molecule has 1 fully saturated rings. The predicted molar refractivity (Wildman–Crippen MR) is 102 cm³/mol. The molecule has 0 saturated carbocycles. The molecular formula is C22H22O7. The Morgan fingerprint density at radius 2 is 1.59 bits per heavy atom. The monoisotopic (exact) mass is 398 g/mol. The zero-order valence-corrected chi connectivity index (χ0v) is 16.5. The Morgan fingerprint density at radius 3 is 2.24 bits per heavy atom. The smallest absolute Gasteiger partial charge is 0.310 e. The first-order valence-corrected chi connectivity index (χ1v) is 9.53. The molecule has 2 heterocycles. The summed E-state index contributed by atoms with van der Waals surface area (Å²) in [5.74, 6) is 2.53. The minimum absolute atomic E-state index is 0.111. The fraction of sp³-hybridized carbons (Fsp3) is 0.409. The van der Waals surface area contributed by atoms with Crippen LogP contribution in [0.4, 0.5) is 0 Å². The van der Waals surface area contributed by atoms with E-state index < -0.39 is 0 Å². The summed E-state index contributed by atoms with van der Waals surface area (Å²) >= 11 is 0. The molecule has 2 aromatic rings. The largest absolute Gasteiger partial charge is 0.493 e. The molecule has 0 amide bonds. The van der Waals surface area contributed by atoms with E-state index in [0.717, 1.165) is 28.9 Å². The van der Waals surface area contributed by atoms with Gasteiger partial charge < -0.3 is 28.4 Å². The van der Waals surface area contributed by atoms with Gasteiger partial charge in [-0.05, 0) is 47.4 Å². The third-order valence-electron chi connectivity index (χ3n) is 6.08. The summed E-state index contributed by atoms with van der Waals surface area (Å²) in [4.78, 5) is 12.7. The topological polar surface area (TPSA) is 72.5 Å². The summed E-state index contributed by atoms with van der Waals surface area (Å²) < 4.78 is 33.2. The number of hydrogen-bond donors (Lipinski definition) is 0. The molecule has 0 N–H and O–H groups in total. The minimum Gasteiger partial charge on any atom is -0.493 e. The van der Waals surface area contributed by atoms with E-state index in [4.69, 9.17) is 28.4 Å². The molecule has 1 saturated heterocycles. The second-order valence-corrected chi connectivity index (χ2v) is 7.46. The Bertz CT molecular complexity index is 958. The van der Waals surface area contributed by atoms with Gasteiger partial charge in [0.05, 0.1) is 33.9 Å². The van der Waals surface area contributed by atoms with Crippen molar-refractivity contribution in [1.82, 2.24) is 0 Å². The molecule has 152 valence electrons. The van der Waals surface area contributed by atoms with Crippen LogP contribution in [0.15, 0.2) is 24.3 Å². The van der Waals surface area contributed by atoms with Crippen LogP contribution in [-0.4, -0.2) is 40.7 Å². The molecule has 7 nitrogen and oxygen atoms in total. The predicted octanol–water partition coefficient (Wildman–Crippen LogP) is 2.92. The van der Waals surface area contributed by atoms with E-state index in [9.17, 15) is 4.79 Å². The van der Waals surface area contributed by atoms with Crippen LogP contribution in [0, 0.1) is 11.8 Å². The number of fused-ring (bicyclic) bond motifs is 3. The van der Waals surface area contributed by atoms with Crippen molar-refractivity contribution >= 4 is 5.97 Å². The van der Waals surface area contributed by atoms with Crippen LogP contribution in [-0.2, 0) is 16.0 Å². The van der Waals surface area contributed by atoms with Gasteiger partial charge in [0.15, 0.2) is 23.0 Å². The van der Waals surface area contributed by atoms with Crippen LogP contribution in [0.5, 0.6) is 28.7 Å². The Labute approximate surface area is 168 Å². The SMILES string of the molecule is COc1cc([C@H]2c3cc4c(cc3CC3COC(=O)C32)OCO4)cc(OC)c1OC. The second-order valence-electron chi connectivity index (χ2n) is 7.46. The summed E-state index contributed by atoms with van der Waals surface area (Å²) in [6.45, 7) is 0.639. The van der Waals surface area contributed by atoms with Gasteiger partial charge in [-0.1, -0.05) is 0 Å². The van der Waals surface area contributed by atoms with Crippen molar-refractivity contribution in [2.75, 3.05) is 34.7 Å². The highest BCUT2D eigenvalue weighted by atomic mass is 16.7. The highest BCUT2D eigenvalue weighted by Gasteiger charge is 2.48. The molecule has 2 aromatic carbocycles. The van der Waals surface area contributed by atoms with Crippen molar-refractivity contribution in [1.29, 1.82) is 0 Å². The summed E-state index contributed by atoms with van der Waals surface area (Å²) in [6.07, 6.45) is 0.767. The Hall–Kier alpha value is -3.09. The van der Waals surface area contributed by atoms with Gasteiger partial charge in [0.2, 0.25) is 12.5 Å². The van der Waals surface area contributed by atoms with E-state index in [2.05, 4.69) is 0 Å². The molecule has 3 atom stereocenters. The molecule has 5 rings (SSSR count). The van der Waals surface area contributed by atoms with Crippen LogP contribution in [0.2, 0.25) is 0 Å². The normalized spacial score (nSPS) is 23.8. The van der Waals surface area contributed by atoms with E-state index in [1.807, 2.05) is 24.3 Å². The maximum absolute atomic E-state index is 12.7. The van der Waals surface area contributed by atoms with E-state index in [0.29, 0.717) is 29.6 Å². The molecule has 0 radical (unpaired) electrons. The summed E-state index contributed by atoms with van der Waals surface area (Å²) in [6, 6.07) is 7.84. The molecular weight excluding hydrogens is 376 g/mol. The Morgan fingerprint density at radius 1 is 0.897 bits per heavy atom. The molecule has 0 aromatic heterocycles. The van der Waals surface area contributed by atoms with Gasteiger partial charge >= 0.3 is 5.97 Å². The highest BCUT2D eigenvalue weighted by molar-refractivity contribution is 5.78. The first-order chi connectivity index (χ1) is 14.1. The number of carbonyl (C=O) groups is 1. The van der Waals surface area contributed by atoms with Gasteiger partial charge in [-0.2, -0.15) is 0 Å². The average molecular weight is 398 g/mol. The fourth-order valence-corrected chi connectivity index (χ4v) is 4.79. The van der Waals surface area contributed by atoms with Gasteiger partial charge in [-0.15, -0.1) is 0 Å². The van der Waals surface area contributed by atoms with E-state index >= 15 is 0 Å². The van der Waals surface area contributed by atoms with Crippen LogP contribution in [0.1, 0.15) is 22.6 Å². The van der Waals surface area contributed by atoms with E-state index in [1.165, 1.54) is 0 Å². The van der Waals surface area contributed by atoms with Gasteiger partial charge in [-0.3, -0.25) is 4.79 Å².